The van der Waals surface area contributed by atoms with Crippen molar-refractivity contribution in [3.05, 3.63) is 12.2 Å². The van der Waals surface area contributed by atoms with E-state index in [4.69, 9.17) is 19.3 Å². The normalized spacial score (nSPS) is 25.9. The van der Waals surface area contributed by atoms with E-state index in [1.54, 1.807) is 19.3 Å². The molecule has 2 atom stereocenters. The molecule has 0 saturated carbocycles. The Kier molecular flexibility index (Phi) is 8.60. The Bertz CT molecular complexity index is 413. The Morgan fingerprint density at radius 1 is 1.30 bits per heavy atom. The minimum absolute atomic E-state index is 0.131. The number of hydrogen-bond acceptors (Lipinski definition) is 6. The van der Waals surface area contributed by atoms with E-state index in [0.29, 0.717) is 26.2 Å². The monoisotopic (exact) mass is 331 g/mol. The molecule has 1 amide bonds. The molecule has 0 aromatic carbocycles. The van der Waals surface area contributed by atoms with E-state index in [9.17, 15) is 14.7 Å². The van der Waals surface area contributed by atoms with Crippen LogP contribution in [-0.2, 0) is 19.0 Å². The summed E-state index contributed by atoms with van der Waals surface area (Å²) in [5, 5.41) is 21.8. The third-order valence-electron chi connectivity index (χ3n) is 3.56. The molecule has 1 rings (SSSR count). The van der Waals surface area contributed by atoms with Crippen LogP contribution in [0.3, 0.4) is 0 Å². The summed E-state index contributed by atoms with van der Waals surface area (Å²) in [5.41, 5.74) is -1.53. The fraction of sp³-hybridized carbons (Fsp3) is 0.733. The average Bonchev–Trinajstić information content (AvgIpc) is 2.49. The molecule has 0 aromatic heterocycles. The van der Waals surface area contributed by atoms with Crippen LogP contribution in [-0.4, -0.2) is 67.5 Å². The lowest BCUT2D eigenvalue weighted by molar-refractivity contribution is -0.142. The lowest BCUT2D eigenvalue weighted by atomic mass is 9.87. The topological polar surface area (TPSA) is 114 Å². The molecule has 0 radical (unpaired) electrons. The van der Waals surface area contributed by atoms with E-state index in [2.05, 4.69) is 5.32 Å². The SMILES string of the molecule is COCCOCCNC(=O)[C@]1(O)CC/C=C/[C@H](OC(=O)O)CC1. The van der Waals surface area contributed by atoms with Gasteiger partial charge >= 0.3 is 6.16 Å². The second kappa shape index (κ2) is 10.2. The van der Waals surface area contributed by atoms with Crippen molar-refractivity contribution in [2.75, 3.05) is 33.5 Å². The van der Waals surface area contributed by atoms with Crippen molar-refractivity contribution in [2.24, 2.45) is 0 Å². The summed E-state index contributed by atoms with van der Waals surface area (Å²) in [4.78, 5) is 22.8. The smallest absolute Gasteiger partial charge is 0.450 e. The maximum atomic E-state index is 12.2. The average molecular weight is 331 g/mol. The van der Waals surface area contributed by atoms with Gasteiger partial charge in [0.2, 0.25) is 0 Å². The Hall–Kier alpha value is -1.64. The van der Waals surface area contributed by atoms with Crippen molar-refractivity contribution < 1.29 is 34.0 Å². The zero-order valence-corrected chi connectivity index (χ0v) is 13.3. The van der Waals surface area contributed by atoms with Crippen LogP contribution < -0.4 is 5.32 Å². The van der Waals surface area contributed by atoms with Crippen molar-refractivity contribution in [3.63, 3.8) is 0 Å². The molecule has 0 fully saturated rings. The molecular weight excluding hydrogens is 306 g/mol. The molecular formula is C15H25NO7. The van der Waals surface area contributed by atoms with Gasteiger partial charge in [-0.3, -0.25) is 4.79 Å². The standard InChI is InChI=1S/C15H25NO7/c1-21-10-11-22-9-8-16-13(17)15(20)6-3-2-4-12(5-7-15)23-14(18)19/h2,4,12,20H,3,5-11H2,1H3,(H,16,17)(H,18,19)/b4-2+/t12-,15-/m0/s1. The molecule has 8 heteroatoms. The highest BCUT2D eigenvalue weighted by molar-refractivity contribution is 5.84. The van der Waals surface area contributed by atoms with Gasteiger partial charge in [-0.2, -0.15) is 0 Å². The number of carbonyl (C=O) groups is 2. The molecule has 23 heavy (non-hydrogen) atoms. The highest BCUT2D eigenvalue weighted by atomic mass is 16.7. The predicted octanol–water partition coefficient (Wildman–Crippen LogP) is 0.690. The molecule has 3 N–H and O–H groups in total. The molecule has 132 valence electrons. The van der Waals surface area contributed by atoms with Gasteiger partial charge in [-0.25, -0.2) is 4.79 Å². The van der Waals surface area contributed by atoms with Crippen LogP contribution in [0.25, 0.3) is 0 Å². The summed E-state index contributed by atoms with van der Waals surface area (Å²) in [6.45, 7) is 1.54. The van der Waals surface area contributed by atoms with Crippen molar-refractivity contribution >= 4 is 12.1 Å². The van der Waals surface area contributed by atoms with Gasteiger partial charge in [0.15, 0.2) is 0 Å². The molecule has 0 heterocycles. The van der Waals surface area contributed by atoms with E-state index in [1.165, 1.54) is 0 Å². The second-order valence-corrected chi connectivity index (χ2v) is 5.32. The van der Waals surface area contributed by atoms with Crippen LogP contribution >= 0.6 is 0 Å². The van der Waals surface area contributed by atoms with Gasteiger partial charge in [0.25, 0.3) is 5.91 Å². The van der Waals surface area contributed by atoms with Crippen molar-refractivity contribution in [3.8, 4) is 0 Å². The van der Waals surface area contributed by atoms with Gasteiger partial charge < -0.3 is 29.7 Å². The van der Waals surface area contributed by atoms with Gasteiger partial charge in [-0.15, -0.1) is 0 Å². The maximum Gasteiger partial charge on any atom is 0.506 e. The van der Waals surface area contributed by atoms with Crippen LogP contribution in [0, 0.1) is 0 Å². The summed E-state index contributed by atoms with van der Waals surface area (Å²) < 4.78 is 14.8. The largest absolute Gasteiger partial charge is 0.506 e. The Labute approximate surface area is 135 Å². The lowest BCUT2D eigenvalue weighted by Gasteiger charge is -2.29. The van der Waals surface area contributed by atoms with Gasteiger partial charge in [0.1, 0.15) is 11.7 Å². The number of methoxy groups -OCH3 is 1. The molecule has 0 aromatic rings. The zero-order chi connectivity index (χ0) is 17.1. The van der Waals surface area contributed by atoms with Crippen molar-refractivity contribution in [2.45, 2.75) is 37.4 Å². The molecule has 0 unspecified atom stereocenters. The third kappa shape index (κ3) is 7.45. The first kappa shape index (κ1) is 19.4. The highest BCUT2D eigenvalue weighted by Gasteiger charge is 2.36. The fourth-order valence-electron chi connectivity index (χ4n) is 2.27. The first-order valence-corrected chi connectivity index (χ1v) is 7.61. The quantitative estimate of drug-likeness (QED) is 0.340. The first-order chi connectivity index (χ1) is 11.0. The first-order valence-electron chi connectivity index (χ1n) is 7.61. The van der Waals surface area contributed by atoms with Gasteiger partial charge in [-0.1, -0.05) is 6.08 Å². The molecule has 0 aliphatic heterocycles. The summed E-state index contributed by atoms with van der Waals surface area (Å²) in [5.74, 6) is -0.475. The summed E-state index contributed by atoms with van der Waals surface area (Å²) >= 11 is 0. The molecule has 0 saturated heterocycles. The maximum absolute atomic E-state index is 12.2. The Morgan fingerprint density at radius 3 is 2.78 bits per heavy atom. The fourth-order valence-corrected chi connectivity index (χ4v) is 2.27. The van der Waals surface area contributed by atoms with E-state index in [0.717, 1.165) is 0 Å². The minimum atomic E-state index is -1.53. The van der Waals surface area contributed by atoms with E-state index in [1.807, 2.05) is 0 Å². The highest BCUT2D eigenvalue weighted by Crippen LogP contribution is 2.25. The van der Waals surface area contributed by atoms with Crippen LogP contribution in [0.5, 0.6) is 0 Å². The number of aliphatic hydroxyl groups is 1. The van der Waals surface area contributed by atoms with E-state index in [-0.39, 0.29) is 25.8 Å². The number of allylic oxidation sites excluding steroid dienone is 1. The summed E-state index contributed by atoms with van der Waals surface area (Å²) in [7, 11) is 1.57. The predicted molar refractivity (Wildman–Crippen MR) is 81.2 cm³/mol. The molecule has 8 nitrogen and oxygen atoms in total. The number of ether oxygens (including phenoxy) is 3. The summed E-state index contributed by atoms with van der Waals surface area (Å²) in [6.07, 6.45) is 2.47. The van der Waals surface area contributed by atoms with Crippen molar-refractivity contribution in [1.82, 2.24) is 5.32 Å². The zero-order valence-electron chi connectivity index (χ0n) is 13.3. The lowest BCUT2D eigenvalue weighted by Crippen LogP contribution is -2.48. The van der Waals surface area contributed by atoms with Gasteiger partial charge in [0, 0.05) is 13.7 Å². The Balaban J connectivity index is 2.41. The van der Waals surface area contributed by atoms with Crippen LogP contribution in [0.1, 0.15) is 25.7 Å². The number of carbonyl (C=O) groups excluding carboxylic acids is 1. The second-order valence-electron chi connectivity index (χ2n) is 5.32. The summed E-state index contributed by atoms with van der Waals surface area (Å²) in [6, 6.07) is 0. The molecule has 0 bridgehead atoms. The van der Waals surface area contributed by atoms with E-state index < -0.39 is 23.8 Å². The number of rotatable bonds is 8. The third-order valence-corrected chi connectivity index (χ3v) is 3.56. The van der Waals surface area contributed by atoms with Crippen LogP contribution in [0.2, 0.25) is 0 Å². The van der Waals surface area contributed by atoms with Crippen LogP contribution in [0.4, 0.5) is 4.79 Å². The van der Waals surface area contributed by atoms with Gasteiger partial charge in [-0.05, 0) is 31.8 Å². The molecule has 1 aliphatic rings. The minimum Gasteiger partial charge on any atom is -0.450 e. The Morgan fingerprint density at radius 2 is 2.09 bits per heavy atom. The van der Waals surface area contributed by atoms with Crippen LogP contribution in [0.15, 0.2) is 12.2 Å². The van der Waals surface area contributed by atoms with Crippen molar-refractivity contribution in [1.29, 1.82) is 0 Å². The number of amides is 1. The van der Waals surface area contributed by atoms with Gasteiger partial charge in [0.05, 0.1) is 19.8 Å². The number of carboxylic acid groups (broad SMARTS) is 1. The number of hydrogen-bond donors (Lipinski definition) is 3. The number of nitrogens with one attached hydrogen (secondary N) is 1. The molecule has 0 spiro atoms. The molecule has 1 aliphatic carbocycles. The van der Waals surface area contributed by atoms with E-state index >= 15 is 0 Å².